The normalized spacial score (nSPS) is 21.0. The first kappa shape index (κ1) is 15.7. The van der Waals surface area contributed by atoms with E-state index in [-0.39, 0.29) is 22.4 Å². The molecule has 0 amide bonds. The molecule has 4 nitrogen and oxygen atoms in total. The highest BCUT2D eigenvalue weighted by atomic mass is 16.4. The van der Waals surface area contributed by atoms with Gasteiger partial charge in [-0.3, -0.25) is 0 Å². The quantitative estimate of drug-likeness (QED) is 0.736. The fraction of sp³-hybridized carbons (Fsp3) is 0.588. The lowest BCUT2D eigenvalue weighted by atomic mass is 9.63. The van der Waals surface area contributed by atoms with Crippen molar-refractivity contribution >= 4 is 17.3 Å². The van der Waals surface area contributed by atoms with E-state index in [4.69, 9.17) is 5.73 Å². The number of hydrogen-bond acceptors (Lipinski definition) is 3. The van der Waals surface area contributed by atoms with Gasteiger partial charge in [0, 0.05) is 11.7 Å². The van der Waals surface area contributed by atoms with Crippen molar-refractivity contribution in [1.82, 2.24) is 0 Å². The number of nitrogen functional groups attached to an aromatic ring is 1. The molecule has 116 valence electrons. The molecule has 1 aromatic carbocycles. The summed E-state index contributed by atoms with van der Waals surface area (Å²) in [6, 6.07) is 5.18. The minimum atomic E-state index is -0.924. The van der Waals surface area contributed by atoms with Gasteiger partial charge in [-0.25, -0.2) is 4.79 Å². The molecule has 1 aromatic rings. The average molecular weight is 290 g/mol. The fourth-order valence-corrected chi connectivity index (χ4v) is 4.04. The maximum absolute atomic E-state index is 11.3. The molecule has 0 atom stereocenters. The standard InChI is InChI=1S/C17H26N2O2/c1-16(2)8-12(9-17(3,4)10-16)19-14-7-11(18)5-6-13(14)15(20)21/h5-7,12,19H,8-10,18H2,1-4H3,(H,20,21). The van der Waals surface area contributed by atoms with E-state index in [0.29, 0.717) is 11.4 Å². The van der Waals surface area contributed by atoms with Crippen LogP contribution in [-0.2, 0) is 0 Å². The summed E-state index contributed by atoms with van der Waals surface area (Å²) in [6.07, 6.45) is 3.25. The smallest absolute Gasteiger partial charge is 0.337 e. The zero-order valence-corrected chi connectivity index (χ0v) is 13.4. The van der Waals surface area contributed by atoms with Gasteiger partial charge in [-0.05, 0) is 48.3 Å². The monoisotopic (exact) mass is 290 g/mol. The second-order valence-electron chi connectivity index (χ2n) is 7.86. The molecule has 1 aliphatic rings. The molecule has 0 spiro atoms. The third kappa shape index (κ3) is 3.90. The Morgan fingerprint density at radius 2 is 1.81 bits per heavy atom. The summed E-state index contributed by atoms with van der Waals surface area (Å²) in [7, 11) is 0. The molecule has 0 heterocycles. The first-order valence-corrected chi connectivity index (χ1v) is 7.47. The van der Waals surface area contributed by atoms with E-state index in [9.17, 15) is 9.90 Å². The molecule has 0 unspecified atom stereocenters. The molecule has 1 aliphatic carbocycles. The van der Waals surface area contributed by atoms with E-state index in [1.807, 2.05) is 0 Å². The van der Waals surface area contributed by atoms with E-state index in [2.05, 4.69) is 33.0 Å². The van der Waals surface area contributed by atoms with E-state index in [0.717, 1.165) is 12.8 Å². The van der Waals surface area contributed by atoms with Gasteiger partial charge < -0.3 is 16.2 Å². The van der Waals surface area contributed by atoms with Crippen molar-refractivity contribution in [2.45, 2.75) is 53.0 Å². The third-order valence-electron chi connectivity index (χ3n) is 4.19. The highest BCUT2D eigenvalue weighted by molar-refractivity contribution is 5.95. The summed E-state index contributed by atoms with van der Waals surface area (Å²) in [5.41, 5.74) is 7.80. The summed E-state index contributed by atoms with van der Waals surface area (Å²) in [5, 5.41) is 12.7. The molecular weight excluding hydrogens is 264 g/mol. The van der Waals surface area contributed by atoms with Gasteiger partial charge in [0.25, 0.3) is 0 Å². The van der Waals surface area contributed by atoms with Crippen molar-refractivity contribution in [2.75, 3.05) is 11.1 Å². The van der Waals surface area contributed by atoms with Crippen LogP contribution in [0.5, 0.6) is 0 Å². The summed E-state index contributed by atoms with van der Waals surface area (Å²) in [5.74, 6) is -0.924. The van der Waals surface area contributed by atoms with Gasteiger partial charge in [-0.1, -0.05) is 27.7 Å². The van der Waals surface area contributed by atoms with Crippen LogP contribution in [0.25, 0.3) is 0 Å². The number of carboxylic acid groups (broad SMARTS) is 1. The molecule has 1 saturated carbocycles. The Balaban J connectivity index is 2.25. The number of anilines is 2. The second kappa shape index (κ2) is 5.24. The molecule has 1 fully saturated rings. The summed E-state index contributed by atoms with van der Waals surface area (Å²) in [6.45, 7) is 9.11. The van der Waals surface area contributed by atoms with E-state index in [1.54, 1.807) is 18.2 Å². The number of benzene rings is 1. The van der Waals surface area contributed by atoms with Crippen molar-refractivity contribution in [2.24, 2.45) is 10.8 Å². The van der Waals surface area contributed by atoms with E-state index >= 15 is 0 Å². The highest BCUT2D eigenvalue weighted by Crippen LogP contribution is 2.46. The Morgan fingerprint density at radius 3 is 2.33 bits per heavy atom. The first-order chi connectivity index (χ1) is 9.58. The third-order valence-corrected chi connectivity index (χ3v) is 4.19. The topological polar surface area (TPSA) is 75.3 Å². The molecule has 0 radical (unpaired) electrons. The SMILES string of the molecule is CC1(C)CC(Nc2cc(N)ccc2C(=O)O)CC(C)(C)C1. The van der Waals surface area contributed by atoms with Crippen LogP contribution in [-0.4, -0.2) is 17.1 Å². The van der Waals surface area contributed by atoms with E-state index in [1.165, 1.54) is 6.42 Å². The van der Waals surface area contributed by atoms with Gasteiger partial charge in [0.2, 0.25) is 0 Å². The summed E-state index contributed by atoms with van der Waals surface area (Å²) < 4.78 is 0. The van der Waals surface area contributed by atoms with Crippen LogP contribution < -0.4 is 11.1 Å². The number of carbonyl (C=O) groups is 1. The van der Waals surface area contributed by atoms with Gasteiger partial charge in [-0.15, -0.1) is 0 Å². The van der Waals surface area contributed by atoms with Crippen LogP contribution in [0, 0.1) is 10.8 Å². The molecule has 0 bridgehead atoms. The van der Waals surface area contributed by atoms with E-state index < -0.39 is 5.97 Å². The zero-order chi connectivity index (χ0) is 15.8. The van der Waals surface area contributed by atoms with Crippen LogP contribution in [0.3, 0.4) is 0 Å². The minimum absolute atomic E-state index is 0.253. The highest BCUT2D eigenvalue weighted by Gasteiger charge is 2.38. The fourth-order valence-electron chi connectivity index (χ4n) is 4.04. The predicted octanol–water partition coefficient (Wildman–Crippen LogP) is 3.98. The molecular formula is C17H26N2O2. The minimum Gasteiger partial charge on any atom is -0.478 e. The van der Waals surface area contributed by atoms with Gasteiger partial charge >= 0.3 is 5.97 Å². The maximum atomic E-state index is 11.3. The molecule has 0 aromatic heterocycles. The Bertz CT molecular complexity index is 534. The Kier molecular flexibility index (Phi) is 3.91. The molecule has 4 N–H and O–H groups in total. The predicted molar refractivity (Wildman–Crippen MR) is 86.6 cm³/mol. The lowest BCUT2D eigenvalue weighted by Crippen LogP contribution is -2.40. The lowest BCUT2D eigenvalue weighted by molar-refractivity contribution is 0.0698. The van der Waals surface area contributed by atoms with Gasteiger partial charge in [0.15, 0.2) is 0 Å². The Morgan fingerprint density at radius 1 is 1.24 bits per heavy atom. The maximum Gasteiger partial charge on any atom is 0.337 e. The summed E-state index contributed by atoms with van der Waals surface area (Å²) in [4.78, 5) is 11.3. The molecule has 21 heavy (non-hydrogen) atoms. The zero-order valence-electron chi connectivity index (χ0n) is 13.4. The molecule has 4 heteroatoms. The Labute approximate surface area is 126 Å². The van der Waals surface area contributed by atoms with Crippen LogP contribution >= 0.6 is 0 Å². The summed E-state index contributed by atoms with van der Waals surface area (Å²) >= 11 is 0. The molecule has 0 aliphatic heterocycles. The first-order valence-electron chi connectivity index (χ1n) is 7.47. The van der Waals surface area contributed by atoms with Gasteiger partial charge in [-0.2, -0.15) is 0 Å². The largest absolute Gasteiger partial charge is 0.478 e. The van der Waals surface area contributed by atoms with Gasteiger partial charge in [0.1, 0.15) is 0 Å². The second-order valence-corrected chi connectivity index (χ2v) is 7.86. The van der Waals surface area contributed by atoms with Crippen molar-refractivity contribution in [3.63, 3.8) is 0 Å². The van der Waals surface area contributed by atoms with Crippen LogP contribution in [0.15, 0.2) is 18.2 Å². The number of nitrogens with two attached hydrogens (primary N) is 1. The number of aromatic carboxylic acids is 1. The van der Waals surface area contributed by atoms with Crippen LogP contribution in [0.2, 0.25) is 0 Å². The molecule has 0 saturated heterocycles. The van der Waals surface area contributed by atoms with Crippen molar-refractivity contribution in [3.05, 3.63) is 23.8 Å². The number of nitrogens with one attached hydrogen (secondary N) is 1. The van der Waals surface area contributed by atoms with Crippen LogP contribution in [0.1, 0.15) is 57.3 Å². The Hall–Kier alpha value is -1.71. The van der Waals surface area contributed by atoms with Gasteiger partial charge in [0.05, 0.1) is 11.3 Å². The number of rotatable bonds is 3. The average Bonchev–Trinajstić information content (AvgIpc) is 2.23. The van der Waals surface area contributed by atoms with Crippen molar-refractivity contribution in [3.8, 4) is 0 Å². The number of carboxylic acids is 1. The number of hydrogen-bond donors (Lipinski definition) is 3. The molecule has 2 rings (SSSR count). The van der Waals surface area contributed by atoms with Crippen molar-refractivity contribution in [1.29, 1.82) is 0 Å². The van der Waals surface area contributed by atoms with Crippen LogP contribution in [0.4, 0.5) is 11.4 Å². The van der Waals surface area contributed by atoms with Crippen molar-refractivity contribution < 1.29 is 9.90 Å². The lowest BCUT2D eigenvalue weighted by Gasteiger charge is -2.45.